The first-order valence-corrected chi connectivity index (χ1v) is 12.7. The van der Waals surface area contributed by atoms with Crippen molar-refractivity contribution >= 4 is 18.0 Å². The van der Waals surface area contributed by atoms with E-state index in [1.165, 1.54) is 0 Å². The third-order valence-electron chi connectivity index (χ3n) is 7.07. The quantitative estimate of drug-likeness (QED) is 0.177. The molecule has 1 aliphatic heterocycles. The summed E-state index contributed by atoms with van der Waals surface area (Å²) in [4.78, 5) is 26.3. The molecule has 1 aromatic heterocycles. The van der Waals surface area contributed by atoms with Gasteiger partial charge in [0, 0.05) is 24.1 Å². The van der Waals surface area contributed by atoms with Gasteiger partial charge in [0.1, 0.15) is 5.57 Å². The zero-order valence-corrected chi connectivity index (χ0v) is 20.4. The first-order valence-electron chi connectivity index (χ1n) is 12.7. The number of para-hydroxylation sites is 1. The minimum Gasteiger partial charge on any atom is -0.419 e. The van der Waals surface area contributed by atoms with Crippen molar-refractivity contribution < 1.29 is 19.1 Å². The van der Waals surface area contributed by atoms with Crippen LogP contribution < -0.4 is 0 Å². The van der Waals surface area contributed by atoms with E-state index in [9.17, 15) is 9.59 Å². The van der Waals surface area contributed by atoms with Gasteiger partial charge in [-0.15, -0.1) is 0 Å². The highest BCUT2D eigenvalue weighted by molar-refractivity contribution is 6.19. The maximum Gasteiger partial charge on any atom is 0.348 e. The Morgan fingerprint density at radius 3 is 1.81 bits per heavy atom. The zero-order chi connectivity index (χ0) is 25.2. The molecule has 6 rings (SSSR count). The summed E-state index contributed by atoms with van der Waals surface area (Å²) in [7, 11) is 0. The van der Waals surface area contributed by atoms with Crippen LogP contribution in [0.5, 0.6) is 0 Å². The SMILES string of the molecule is O=C1OC2(CCCCC2)OC(=O)C1=Cc1cc(-c2ccccc2)n(-c2ccccc2)c1-c1ccccc1. The van der Waals surface area contributed by atoms with E-state index in [1.807, 2.05) is 84.9 Å². The minimum atomic E-state index is -1.11. The predicted molar refractivity (Wildman–Crippen MR) is 143 cm³/mol. The number of ether oxygens (including phenoxy) is 2. The molecule has 5 heteroatoms. The second kappa shape index (κ2) is 9.58. The highest BCUT2D eigenvalue weighted by atomic mass is 16.7. The molecule has 0 N–H and O–H groups in total. The van der Waals surface area contributed by atoms with Crippen LogP contribution in [0.4, 0.5) is 0 Å². The third-order valence-corrected chi connectivity index (χ3v) is 7.07. The lowest BCUT2D eigenvalue weighted by atomic mass is 9.93. The number of hydrogen-bond donors (Lipinski definition) is 0. The Kier molecular flexibility index (Phi) is 5.97. The van der Waals surface area contributed by atoms with Gasteiger partial charge in [0.2, 0.25) is 0 Å². The smallest absolute Gasteiger partial charge is 0.348 e. The van der Waals surface area contributed by atoms with Gasteiger partial charge in [-0.3, -0.25) is 0 Å². The Balaban J connectivity index is 1.54. The number of hydrogen-bond acceptors (Lipinski definition) is 4. The molecule has 1 aliphatic carbocycles. The van der Waals surface area contributed by atoms with Gasteiger partial charge in [0.05, 0.1) is 11.4 Å². The standard InChI is InChI=1S/C32H27NO4/c34-30-27(31(35)37-32(36-30)19-11-4-12-20-32)21-25-22-28(23-13-5-1-6-14-23)33(26-17-9-3-10-18-26)29(25)24-15-7-2-8-16-24/h1-3,5-10,13-18,21-22H,4,11-12,19-20H2. The molecule has 2 aliphatic rings. The van der Waals surface area contributed by atoms with E-state index in [0.29, 0.717) is 12.8 Å². The van der Waals surface area contributed by atoms with E-state index < -0.39 is 17.7 Å². The van der Waals surface area contributed by atoms with Crippen molar-refractivity contribution in [3.05, 3.63) is 108 Å². The second-order valence-corrected chi connectivity index (χ2v) is 9.54. The van der Waals surface area contributed by atoms with Crippen LogP contribution in [0.15, 0.2) is 103 Å². The van der Waals surface area contributed by atoms with Gasteiger partial charge in [-0.1, -0.05) is 85.3 Å². The van der Waals surface area contributed by atoms with Crippen molar-refractivity contribution in [2.45, 2.75) is 37.9 Å². The summed E-state index contributed by atoms with van der Waals surface area (Å²) in [5.74, 6) is -2.35. The molecule has 0 amide bonds. The van der Waals surface area contributed by atoms with Crippen LogP contribution >= 0.6 is 0 Å². The van der Waals surface area contributed by atoms with E-state index in [4.69, 9.17) is 9.47 Å². The molecule has 2 fully saturated rings. The molecule has 184 valence electrons. The van der Waals surface area contributed by atoms with Crippen LogP contribution in [-0.4, -0.2) is 22.3 Å². The molecule has 1 saturated heterocycles. The maximum atomic E-state index is 13.2. The molecule has 0 radical (unpaired) electrons. The van der Waals surface area contributed by atoms with E-state index >= 15 is 0 Å². The van der Waals surface area contributed by atoms with Crippen molar-refractivity contribution in [2.24, 2.45) is 0 Å². The number of carbonyl (C=O) groups excluding carboxylic acids is 2. The summed E-state index contributed by atoms with van der Waals surface area (Å²) in [5.41, 5.74) is 5.41. The number of rotatable bonds is 4. The summed E-state index contributed by atoms with van der Waals surface area (Å²) in [6, 6.07) is 32.1. The van der Waals surface area contributed by atoms with Crippen molar-refractivity contribution in [2.75, 3.05) is 0 Å². The van der Waals surface area contributed by atoms with Crippen LogP contribution in [0.2, 0.25) is 0 Å². The van der Waals surface area contributed by atoms with Gasteiger partial charge in [0.15, 0.2) is 0 Å². The molecule has 1 saturated carbocycles. The van der Waals surface area contributed by atoms with Crippen molar-refractivity contribution in [3.8, 4) is 28.2 Å². The van der Waals surface area contributed by atoms with E-state index in [1.54, 1.807) is 6.08 Å². The fraction of sp³-hybridized carbons (Fsp3) is 0.188. The lowest BCUT2D eigenvalue weighted by Gasteiger charge is -2.38. The van der Waals surface area contributed by atoms with E-state index in [2.05, 4.69) is 16.7 Å². The highest BCUT2D eigenvalue weighted by Gasteiger charge is 2.46. The maximum absolute atomic E-state index is 13.2. The summed E-state index contributed by atoms with van der Waals surface area (Å²) in [6.07, 6.45) is 5.52. The molecule has 1 spiro atoms. The van der Waals surface area contributed by atoms with Gasteiger partial charge in [0.25, 0.3) is 5.79 Å². The average molecular weight is 490 g/mol. The Morgan fingerprint density at radius 1 is 0.676 bits per heavy atom. The molecular formula is C32H27NO4. The predicted octanol–water partition coefficient (Wildman–Crippen LogP) is 6.96. The van der Waals surface area contributed by atoms with Crippen molar-refractivity contribution in [1.29, 1.82) is 0 Å². The molecule has 0 bridgehead atoms. The van der Waals surface area contributed by atoms with Gasteiger partial charge in [-0.2, -0.15) is 0 Å². The van der Waals surface area contributed by atoms with Crippen molar-refractivity contribution in [1.82, 2.24) is 4.57 Å². The normalized spacial score (nSPS) is 16.8. The fourth-order valence-corrected chi connectivity index (χ4v) is 5.32. The molecule has 37 heavy (non-hydrogen) atoms. The highest BCUT2D eigenvalue weighted by Crippen LogP contribution is 2.40. The number of carbonyl (C=O) groups is 2. The third kappa shape index (κ3) is 4.38. The molecule has 3 aromatic carbocycles. The Morgan fingerprint density at radius 2 is 1.22 bits per heavy atom. The minimum absolute atomic E-state index is 0.0850. The lowest BCUT2D eigenvalue weighted by molar-refractivity contribution is -0.244. The topological polar surface area (TPSA) is 57.5 Å². The Hall–Kier alpha value is -4.38. The number of benzene rings is 3. The summed E-state index contributed by atoms with van der Waals surface area (Å²) < 4.78 is 13.7. The van der Waals surface area contributed by atoms with E-state index in [-0.39, 0.29) is 5.57 Å². The Bertz CT molecular complexity index is 1440. The zero-order valence-electron chi connectivity index (χ0n) is 20.4. The second-order valence-electron chi connectivity index (χ2n) is 9.54. The number of aromatic nitrogens is 1. The molecule has 0 atom stereocenters. The van der Waals surface area contributed by atoms with Crippen LogP contribution in [-0.2, 0) is 19.1 Å². The first kappa shape index (κ1) is 23.0. The van der Waals surface area contributed by atoms with Gasteiger partial charge in [-0.05, 0) is 48.2 Å². The van der Waals surface area contributed by atoms with Crippen LogP contribution in [0.1, 0.15) is 37.7 Å². The summed E-state index contributed by atoms with van der Waals surface area (Å²) in [5, 5.41) is 0. The molecular weight excluding hydrogens is 462 g/mol. The van der Waals surface area contributed by atoms with Crippen LogP contribution in [0.25, 0.3) is 34.3 Å². The Labute approximate surface area is 216 Å². The van der Waals surface area contributed by atoms with Crippen LogP contribution in [0.3, 0.4) is 0 Å². The van der Waals surface area contributed by atoms with Gasteiger partial charge in [-0.25, -0.2) is 9.59 Å². The average Bonchev–Trinajstić information content (AvgIpc) is 3.32. The first-order chi connectivity index (χ1) is 18.1. The van der Waals surface area contributed by atoms with Gasteiger partial charge < -0.3 is 14.0 Å². The van der Waals surface area contributed by atoms with Crippen LogP contribution in [0, 0.1) is 0 Å². The molecule has 0 unspecified atom stereocenters. The molecule has 5 nitrogen and oxygen atoms in total. The number of esters is 2. The fourth-order valence-electron chi connectivity index (χ4n) is 5.32. The van der Waals surface area contributed by atoms with Gasteiger partial charge >= 0.3 is 11.9 Å². The summed E-state index contributed by atoms with van der Waals surface area (Å²) >= 11 is 0. The monoisotopic (exact) mass is 489 g/mol. The molecule has 4 aromatic rings. The summed E-state index contributed by atoms with van der Waals surface area (Å²) in [6.45, 7) is 0. The largest absolute Gasteiger partial charge is 0.419 e. The number of nitrogens with zero attached hydrogens (tertiary/aromatic N) is 1. The molecule has 2 heterocycles. The van der Waals surface area contributed by atoms with E-state index in [0.717, 1.165) is 53.0 Å². The lowest BCUT2D eigenvalue weighted by Crippen LogP contribution is -2.47. The van der Waals surface area contributed by atoms with Crippen molar-refractivity contribution in [3.63, 3.8) is 0 Å².